The number of carbonyl (C=O) groups excluding carboxylic acids is 4. The second-order valence-electron chi connectivity index (χ2n) is 6.76. The van der Waals surface area contributed by atoms with E-state index in [0.717, 1.165) is 37.0 Å². The van der Waals surface area contributed by atoms with Crippen molar-refractivity contribution in [3.63, 3.8) is 0 Å². The van der Waals surface area contributed by atoms with Crippen LogP contribution in [0.25, 0.3) is 0 Å². The van der Waals surface area contributed by atoms with Gasteiger partial charge < -0.3 is 19.5 Å². The van der Waals surface area contributed by atoms with Crippen molar-refractivity contribution in [2.24, 2.45) is 5.92 Å². The topological polar surface area (TPSA) is 108 Å². The van der Waals surface area contributed by atoms with Gasteiger partial charge in [-0.1, -0.05) is 12.8 Å². The van der Waals surface area contributed by atoms with Crippen LogP contribution in [0.4, 0.5) is 5.00 Å². The zero-order chi connectivity index (χ0) is 21.4. The third kappa shape index (κ3) is 6.28. The van der Waals surface area contributed by atoms with Crippen LogP contribution in [0.2, 0.25) is 0 Å². The lowest BCUT2D eigenvalue weighted by Gasteiger charge is -2.10. The second-order valence-corrected chi connectivity index (χ2v) is 7.79. The van der Waals surface area contributed by atoms with Crippen molar-refractivity contribution in [3.8, 4) is 0 Å². The minimum absolute atomic E-state index is 0.102. The molecule has 0 aliphatic heterocycles. The molecule has 9 heteroatoms. The van der Waals surface area contributed by atoms with Gasteiger partial charge in [0, 0.05) is 6.42 Å². The van der Waals surface area contributed by atoms with E-state index < -0.39 is 30.4 Å². The van der Waals surface area contributed by atoms with Gasteiger partial charge in [-0.15, -0.1) is 11.3 Å². The molecule has 0 saturated heterocycles. The van der Waals surface area contributed by atoms with Crippen LogP contribution < -0.4 is 5.32 Å². The molecule has 1 aliphatic carbocycles. The van der Waals surface area contributed by atoms with Gasteiger partial charge in [-0.3, -0.25) is 9.59 Å². The molecule has 0 bridgehead atoms. The number of rotatable bonds is 9. The first-order valence-electron chi connectivity index (χ1n) is 9.80. The van der Waals surface area contributed by atoms with Crippen LogP contribution in [-0.2, 0) is 23.8 Å². The smallest absolute Gasteiger partial charge is 0.348 e. The third-order valence-electron chi connectivity index (χ3n) is 4.63. The summed E-state index contributed by atoms with van der Waals surface area (Å²) < 4.78 is 15.1. The van der Waals surface area contributed by atoms with E-state index in [4.69, 9.17) is 14.2 Å². The van der Waals surface area contributed by atoms with Crippen LogP contribution in [-0.4, -0.2) is 43.6 Å². The number of hydrogen-bond acceptors (Lipinski definition) is 8. The van der Waals surface area contributed by atoms with E-state index in [9.17, 15) is 19.2 Å². The van der Waals surface area contributed by atoms with Crippen LogP contribution in [0.1, 0.15) is 71.5 Å². The molecule has 2 rings (SSSR count). The molecular weight excluding hydrogens is 398 g/mol. The Kier molecular flexibility index (Phi) is 8.63. The van der Waals surface area contributed by atoms with E-state index in [0.29, 0.717) is 17.9 Å². The highest BCUT2D eigenvalue weighted by atomic mass is 32.1. The van der Waals surface area contributed by atoms with E-state index in [2.05, 4.69) is 5.32 Å². The van der Waals surface area contributed by atoms with Crippen molar-refractivity contribution in [2.75, 3.05) is 25.1 Å². The van der Waals surface area contributed by atoms with Crippen LogP contribution in [0.3, 0.4) is 0 Å². The highest BCUT2D eigenvalue weighted by Crippen LogP contribution is 2.34. The number of ether oxygens (including phenoxy) is 3. The van der Waals surface area contributed by atoms with Gasteiger partial charge in [0.25, 0.3) is 5.91 Å². The third-order valence-corrected chi connectivity index (χ3v) is 5.82. The van der Waals surface area contributed by atoms with Crippen molar-refractivity contribution in [1.82, 2.24) is 0 Å². The van der Waals surface area contributed by atoms with Crippen molar-refractivity contribution in [3.05, 3.63) is 16.0 Å². The molecular formula is C20H27NO7S. The Morgan fingerprint density at radius 3 is 2.24 bits per heavy atom. The van der Waals surface area contributed by atoms with Gasteiger partial charge in [-0.2, -0.15) is 0 Å². The van der Waals surface area contributed by atoms with Gasteiger partial charge in [0.15, 0.2) is 6.61 Å². The SMILES string of the molecule is CCOC(=O)c1sc(NC(=O)COC(=O)CC2CCCC2)c(C(=O)OCC)c1C. The molecule has 1 amide bonds. The lowest BCUT2D eigenvalue weighted by atomic mass is 10.1. The minimum atomic E-state index is -0.648. The average Bonchev–Trinajstić information content (AvgIpc) is 3.28. The van der Waals surface area contributed by atoms with Crippen molar-refractivity contribution >= 4 is 40.2 Å². The maximum atomic E-state index is 12.3. The highest BCUT2D eigenvalue weighted by Gasteiger charge is 2.27. The van der Waals surface area contributed by atoms with Crippen molar-refractivity contribution in [2.45, 2.75) is 52.9 Å². The second kappa shape index (κ2) is 10.9. The number of esters is 3. The van der Waals surface area contributed by atoms with Gasteiger partial charge >= 0.3 is 17.9 Å². The molecule has 0 atom stereocenters. The van der Waals surface area contributed by atoms with Crippen LogP contribution in [0, 0.1) is 12.8 Å². The molecule has 1 saturated carbocycles. The van der Waals surface area contributed by atoms with Crippen LogP contribution in [0.5, 0.6) is 0 Å². The lowest BCUT2D eigenvalue weighted by molar-refractivity contribution is -0.148. The number of thiophene rings is 1. The lowest BCUT2D eigenvalue weighted by Crippen LogP contribution is -2.22. The highest BCUT2D eigenvalue weighted by molar-refractivity contribution is 7.18. The molecule has 0 radical (unpaired) electrons. The number of carbonyl (C=O) groups is 4. The fourth-order valence-corrected chi connectivity index (χ4v) is 4.36. The van der Waals surface area contributed by atoms with E-state index in [1.54, 1.807) is 20.8 Å². The van der Waals surface area contributed by atoms with Crippen molar-refractivity contribution in [1.29, 1.82) is 0 Å². The molecule has 1 fully saturated rings. The predicted octanol–water partition coefficient (Wildman–Crippen LogP) is 3.47. The monoisotopic (exact) mass is 425 g/mol. The molecule has 1 heterocycles. The zero-order valence-electron chi connectivity index (χ0n) is 17.0. The first-order valence-corrected chi connectivity index (χ1v) is 10.6. The summed E-state index contributed by atoms with van der Waals surface area (Å²) in [4.78, 5) is 48.8. The van der Waals surface area contributed by atoms with Gasteiger partial charge in [0.1, 0.15) is 9.88 Å². The van der Waals surface area contributed by atoms with Gasteiger partial charge in [0.05, 0.1) is 18.8 Å². The van der Waals surface area contributed by atoms with Crippen molar-refractivity contribution < 1.29 is 33.4 Å². The molecule has 29 heavy (non-hydrogen) atoms. The van der Waals surface area contributed by atoms with Gasteiger partial charge in [-0.05, 0) is 45.1 Å². The molecule has 1 aliphatic rings. The molecule has 0 unspecified atom stereocenters. The van der Waals surface area contributed by atoms with Gasteiger partial charge in [0.2, 0.25) is 0 Å². The number of anilines is 1. The summed E-state index contributed by atoms with van der Waals surface area (Å²) in [5.74, 6) is -1.90. The van der Waals surface area contributed by atoms with E-state index in [1.807, 2.05) is 0 Å². The summed E-state index contributed by atoms with van der Waals surface area (Å²) in [5, 5.41) is 2.72. The molecule has 0 spiro atoms. The van der Waals surface area contributed by atoms with E-state index >= 15 is 0 Å². The summed E-state index contributed by atoms with van der Waals surface area (Å²) in [5.41, 5.74) is 0.478. The average molecular weight is 426 g/mol. The number of nitrogens with one attached hydrogen (secondary N) is 1. The molecule has 1 N–H and O–H groups in total. The standard InChI is InChI=1S/C20H27NO7S/c1-4-26-19(24)16-12(3)17(20(25)27-5-2)29-18(16)21-14(22)11-28-15(23)10-13-8-6-7-9-13/h13H,4-11H2,1-3H3,(H,21,22). The summed E-state index contributed by atoms with van der Waals surface area (Å²) in [7, 11) is 0. The fraction of sp³-hybridized carbons (Fsp3) is 0.600. The van der Waals surface area contributed by atoms with Gasteiger partial charge in [-0.25, -0.2) is 9.59 Å². The molecule has 1 aromatic rings. The Bertz CT molecular complexity index is 765. The number of amides is 1. The molecule has 1 aromatic heterocycles. The van der Waals surface area contributed by atoms with E-state index in [1.165, 1.54) is 0 Å². The first kappa shape index (κ1) is 22.9. The molecule has 160 valence electrons. The maximum Gasteiger partial charge on any atom is 0.348 e. The normalized spacial score (nSPS) is 13.8. The minimum Gasteiger partial charge on any atom is -0.462 e. The Hall–Kier alpha value is -2.42. The summed E-state index contributed by atoms with van der Waals surface area (Å²) in [6, 6.07) is 0. The summed E-state index contributed by atoms with van der Waals surface area (Å²) >= 11 is 0.929. The Morgan fingerprint density at radius 1 is 1.00 bits per heavy atom. The Morgan fingerprint density at radius 2 is 1.62 bits per heavy atom. The van der Waals surface area contributed by atoms with Crippen LogP contribution >= 0.6 is 11.3 Å². The van der Waals surface area contributed by atoms with E-state index in [-0.39, 0.29) is 28.7 Å². The number of hydrogen-bond donors (Lipinski definition) is 1. The zero-order valence-corrected chi connectivity index (χ0v) is 17.8. The first-order chi connectivity index (χ1) is 13.9. The largest absolute Gasteiger partial charge is 0.462 e. The fourth-order valence-electron chi connectivity index (χ4n) is 3.26. The molecule has 8 nitrogen and oxygen atoms in total. The predicted molar refractivity (Wildman–Crippen MR) is 107 cm³/mol. The Labute approximate surface area is 173 Å². The quantitative estimate of drug-likeness (QED) is 0.477. The Balaban J connectivity index is 2.05. The summed E-state index contributed by atoms with van der Waals surface area (Å²) in [6.45, 7) is 4.80. The summed E-state index contributed by atoms with van der Waals surface area (Å²) in [6.07, 6.45) is 4.57. The maximum absolute atomic E-state index is 12.3. The van der Waals surface area contributed by atoms with Crippen LogP contribution in [0.15, 0.2) is 0 Å². The molecule has 0 aromatic carbocycles.